The summed E-state index contributed by atoms with van der Waals surface area (Å²) < 4.78 is 0. The highest BCUT2D eigenvalue weighted by Crippen LogP contribution is 2.11. The number of hydrogen-bond acceptors (Lipinski definition) is 3. The third kappa shape index (κ3) is 5.96. The molecule has 1 aliphatic heterocycles. The molecule has 1 heterocycles. The minimum atomic E-state index is -0.0137. The van der Waals surface area contributed by atoms with Crippen LogP contribution in [0.25, 0.3) is 0 Å². The quantitative estimate of drug-likeness (QED) is 0.805. The summed E-state index contributed by atoms with van der Waals surface area (Å²) in [5.41, 5.74) is 0.698. The summed E-state index contributed by atoms with van der Waals surface area (Å²) in [6.07, 6.45) is 3.86. The first-order valence-corrected chi connectivity index (χ1v) is 8.96. The zero-order chi connectivity index (χ0) is 17.4. The normalized spacial score (nSPS) is 17.2. The van der Waals surface area contributed by atoms with E-state index in [1.807, 2.05) is 37.3 Å². The Kier molecular flexibility index (Phi) is 7.25. The molecule has 0 aromatic heterocycles. The molecule has 24 heavy (non-hydrogen) atoms. The van der Waals surface area contributed by atoms with Crippen molar-refractivity contribution in [3.8, 4) is 0 Å². The monoisotopic (exact) mass is 331 g/mol. The van der Waals surface area contributed by atoms with Crippen LogP contribution in [-0.4, -0.2) is 48.4 Å². The Bertz CT molecular complexity index is 525. The summed E-state index contributed by atoms with van der Waals surface area (Å²) in [6.45, 7) is 6.31. The van der Waals surface area contributed by atoms with Crippen molar-refractivity contribution in [3.63, 3.8) is 0 Å². The van der Waals surface area contributed by atoms with Crippen molar-refractivity contribution < 1.29 is 9.59 Å². The molecule has 1 atom stereocenters. The molecule has 0 spiro atoms. The van der Waals surface area contributed by atoms with Crippen LogP contribution in [0.5, 0.6) is 0 Å². The van der Waals surface area contributed by atoms with Gasteiger partial charge in [-0.15, -0.1) is 0 Å². The molecule has 1 aromatic carbocycles. The van der Waals surface area contributed by atoms with E-state index in [0.29, 0.717) is 12.1 Å². The Labute approximate surface area is 144 Å². The van der Waals surface area contributed by atoms with Crippen LogP contribution < -0.4 is 10.6 Å². The van der Waals surface area contributed by atoms with Gasteiger partial charge >= 0.3 is 0 Å². The average Bonchev–Trinajstić information content (AvgIpc) is 2.57. The maximum atomic E-state index is 12.2. The standard InChI is InChI=1S/C19H29N3O2/c1-3-7-15(2)20-18(23)14-22-12-10-17(11-13-22)21-19(24)16-8-5-4-6-9-16/h4-6,8-9,15,17H,3,7,10-14H2,1-2H3,(H,20,23)(H,21,24). The highest BCUT2D eigenvalue weighted by Gasteiger charge is 2.22. The minimum absolute atomic E-state index is 0.0137. The Balaban J connectivity index is 1.69. The number of carbonyl (C=O) groups excluding carboxylic acids is 2. The topological polar surface area (TPSA) is 61.4 Å². The summed E-state index contributed by atoms with van der Waals surface area (Å²) in [5, 5.41) is 6.13. The maximum absolute atomic E-state index is 12.2. The van der Waals surface area contributed by atoms with Gasteiger partial charge in [0.05, 0.1) is 6.54 Å². The molecule has 1 unspecified atom stereocenters. The van der Waals surface area contributed by atoms with Gasteiger partial charge in [0, 0.05) is 30.7 Å². The largest absolute Gasteiger partial charge is 0.353 e. The molecular formula is C19H29N3O2. The lowest BCUT2D eigenvalue weighted by Crippen LogP contribution is -2.48. The fraction of sp³-hybridized carbons (Fsp3) is 0.579. The van der Waals surface area contributed by atoms with E-state index in [0.717, 1.165) is 38.8 Å². The van der Waals surface area contributed by atoms with Gasteiger partial charge in [-0.1, -0.05) is 31.5 Å². The number of benzene rings is 1. The number of nitrogens with zero attached hydrogens (tertiary/aromatic N) is 1. The van der Waals surface area contributed by atoms with E-state index in [1.165, 1.54) is 0 Å². The first-order valence-electron chi connectivity index (χ1n) is 8.96. The van der Waals surface area contributed by atoms with Gasteiger partial charge < -0.3 is 10.6 Å². The van der Waals surface area contributed by atoms with E-state index in [9.17, 15) is 9.59 Å². The van der Waals surface area contributed by atoms with Crippen molar-refractivity contribution in [2.75, 3.05) is 19.6 Å². The van der Waals surface area contributed by atoms with Gasteiger partial charge in [-0.05, 0) is 38.3 Å². The summed E-state index contributed by atoms with van der Waals surface area (Å²) in [4.78, 5) is 26.4. The molecule has 2 N–H and O–H groups in total. The van der Waals surface area contributed by atoms with Gasteiger partial charge in [0.15, 0.2) is 0 Å². The smallest absolute Gasteiger partial charge is 0.251 e. The van der Waals surface area contributed by atoms with Crippen LogP contribution in [0.4, 0.5) is 0 Å². The average molecular weight is 331 g/mol. The molecule has 5 nitrogen and oxygen atoms in total. The van der Waals surface area contributed by atoms with E-state index < -0.39 is 0 Å². The van der Waals surface area contributed by atoms with E-state index >= 15 is 0 Å². The van der Waals surface area contributed by atoms with E-state index in [2.05, 4.69) is 22.5 Å². The lowest BCUT2D eigenvalue weighted by molar-refractivity contribution is -0.123. The number of nitrogens with one attached hydrogen (secondary N) is 2. The summed E-state index contributed by atoms with van der Waals surface area (Å²) in [6, 6.07) is 9.73. The van der Waals surface area contributed by atoms with Gasteiger partial charge in [-0.25, -0.2) is 0 Å². The van der Waals surface area contributed by atoms with Crippen LogP contribution in [0, 0.1) is 0 Å². The molecule has 2 amide bonds. The Morgan fingerprint density at radius 3 is 2.50 bits per heavy atom. The number of rotatable bonds is 7. The van der Waals surface area contributed by atoms with E-state index in [-0.39, 0.29) is 23.9 Å². The molecule has 0 aliphatic carbocycles. The molecule has 1 aliphatic rings. The lowest BCUT2D eigenvalue weighted by atomic mass is 10.0. The van der Waals surface area contributed by atoms with Crippen molar-refractivity contribution in [1.29, 1.82) is 0 Å². The van der Waals surface area contributed by atoms with Gasteiger partial charge in [-0.2, -0.15) is 0 Å². The molecule has 2 rings (SSSR count). The molecule has 5 heteroatoms. The van der Waals surface area contributed by atoms with Crippen molar-refractivity contribution in [2.24, 2.45) is 0 Å². The van der Waals surface area contributed by atoms with Crippen LogP contribution >= 0.6 is 0 Å². The summed E-state index contributed by atoms with van der Waals surface area (Å²) in [7, 11) is 0. The van der Waals surface area contributed by atoms with Crippen LogP contribution in [0.3, 0.4) is 0 Å². The predicted molar refractivity (Wildman–Crippen MR) is 95.9 cm³/mol. The van der Waals surface area contributed by atoms with Crippen LogP contribution in [0.1, 0.15) is 49.9 Å². The third-order valence-electron chi connectivity index (χ3n) is 4.46. The Morgan fingerprint density at radius 1 is 1.21 bits per heavy atom. The van der Waals surface area contributed by atoms with Crippen molar-refractivity contribution >= 4 is 11.8 Å². The minimum Gasteiger partial charge on any atom is -0.353 e. The van der Waals surface area contributed by atoms with Crippen LogP contribution in [0.2, 0.25) is 0 Å². The van der Waals surface area contributed by atoms with Gasteiger partial charge in [0.1, 0.15) is 0 Å². The molecule has 0 bridgehead atoms. The summed E-state index contributed by atoms with van der Waals surface area (Å²) >= 11 is 0. The van der Waals surface area contributed by atoms with Crippen molar-refractivity contribution in [1.82, 2.24) is 15.5 Å². The van der Waals surface area contributed by atoms with Crippen molar-refractivity contribution in [2.45, 2.75) is 51.6 Å². The molecular weight excluding hydrogens is 302 g/mol. The maximum Gasteiger partial charge on any atom is 0.251 e. The number of carbonyl (C=O) groups is 2. The molecule has 1 fully saturated rings. The Hall–Kier alpha value is -1.88. The lowest BCUT2D eigenvalue weighted by Gasteiger charge is -2.32. The number of piperidine rings is 1. The number of hydrogen-bond donors (Lipinski definition) is 2. The second-order valence-corrected chi connectivity index (χ2v) is 6.65. The highest BCUT2D eigenvalue weighted by atomic mass is 16.2. The molecule has 1 aromatic rings. The fourth-order valence-corrected chi connectivity index (χ4v) is 3.12. The van der Waals surface area contributed by atoms with Gasteiger partial charge in [-0.3, -0.25) is 14.5 Å². The fourth-order valence-electron chi connectivity index (χ4n) is 3.12. The van der Waals surface area contributed by atoms with Crippen LogP contribution in [-0.2, 0) is 4.79 Å². The molecule has 0 saturated carbocycles. The number of likely N-dealkylation sites (tertiary alicyclic amines) is 1. The zero-order valence-electron chi connectivity index (χ0n) is 14.8. The molecule has 132 valence electrons. The second-order valence-electron chi connectivity index (χ2n) is 6.65. The molecule has 0 radical (unpaired) electrons. The second kappa shape index (κ2) is 9.42. The Morgan fingerprint density at radius 2 is 1.88 bits per heavy atom. The van der Waals surface area contributed by atoms with Gasteiger partial charge in [0.25, 0.3) is 5.91 Å². The van der Waals surface area contributed by atoms with Crippen LogP contribution in [0.15, 0.2) is 30.3 Å². The van der Waals surface area contributed by atoms with E-state index in [1.54, 1.807) is 0 Å². The summed E-state index contributed by atoms with van der Waals surface area (Å²) in [5.74, 6) is 0.0860. The van der Waals surface area contributed by atoms with Crippen molar-refractivity contribution in [3.05, 3.63) is 35.9 Å². The third-order valence-corrected chi connectivity index (χ3v) is 4.46. The number of amides is 2. The predicted octanol–water partition coefficient (Wildman–Crippen LogP) is 2.19. The first kappa shape index (κ1) is 18.5. The van der Waals surface area contributed by atoms with E-state index in [4.69, 9.17) is 0 Å². The highest BCUT2D eigenvalue weighted by molar-refractivity contribution is 5.94. The SMILES string of the molecule is CCCC(C)NC(=O)CN1CCC(NC(=O)c2ccccc2)CC1. The zero-order valence-corrected chi connectivity index (χ0v) is 14.8. The van der Waals surface area contributed by atoms with Gasteiger partial charge in [0.2, 0.25) is 5.91 Å². The first-order chi connectivity index (χ1) is 11.6. The molecule has 1 saturated heterocycles.